The summed E-state index contributed by atoms with van der Waals surface area (Å²) in [6, 6.07) is 4.63. The maximum Gasteiger partial charge on any atom is 0.126 e. The van der Waals surface area contributed by atoms with E-state index in [1.54, 1.807) is 7.11 Å². The molecule has 1 aromatic rings. The smallest absolute Gasteiger partial charge is 0.126 e. The van der Waals surface area contributed by atoms with Crippen LogP contribution in [-0.4, -0.2) is 24.7 Å². The number of hydrogen-bond acceptors (Lipinski definition) is 3. The Bertz CT molecular complexity index is 376. The number of aryl methyl sites for hydroxylation is 2. The predicted molar refractivity (Wildman–Crippen MR) is 70.4 cm³/mol. The fraction of sp³-hybridized carbons (Fsp3) is 0.643. The number of rotatable bonds is 5. The highest BCUT2D eigenvalue weighted by molar-refractivity contribution is 5.41. The normalized spacial score (nSPS) is 16.0. The van der Waals surface area contributed by atoms with E-state index in [0.29, 0.717) is 12.0 Å². The standard InChI is InChI=1S/C14H22N2O/c1-10(2)13(9-17-3)16-14-8-7-11-5-4-6-12(11)15-14/h7-8,10,13H,4-6,9H2,1-3H3,(H,15,16). The molecule has 17 heavy (non-hydrogen) atoms. The molecule has 1 atom stereocenters. The number of nitrogens with one attached hydrogen (secondary N) is 1. The van der Waals surface area contributed by atoms with Crippen molar-refractivity contribution in [3.05, 3.63) is 23.4 Å². The maximum absolute atomic E-state index is 5.24. The molecule has 2 rings (SSSR count). The first-order valence-electron chi connectivity index (χ1n) is 6.45. The molecule has 94 valence electrons. The first kappa shape index (κ1) is 12.4. The van der Waals surface area contributed by atoms with Crippen molar-refractivity contribution in [3.63, 3.8) is 0 Å². The van der Waals surface area contributed by atoms with Crippen LogP contribution in [0.3, 0.4) is 0 Å². The van der Waals surface area contributed by atoms with Gasteiger partial charge in [-0.25, -0.2) is 4.98 Å². The Hall–Kier alpha value is -1.09. The van der Waals surface area contributed by atoms with Gasteiger partial charge in [0.2, 0.25) is 0 Å². The summed E-state index contributed by atoms with van der Waals surface area (Å²) < 4.78 is 5.24. The minimum absolute atomic E-state index is 0.326. The number of fused-ring (bicyclic) bond motifs is 1. The van der Waals surface area contributed by atoms with Crippen molar-refractivity contribution in [2.75, 3.05) is 19.0 Å². The summed E-state index contributed by atoms with van der Waals surface area (Å²) in [5.41, 5.74) is 2.69. The average Bonchev–Trinajstić information content (AvgIpc) is 2.75. The molecule has 1 N–H and O–H groups in total. The van der Waals surface area contributed by atoms with Crippen LogP contribution in [0.1, 0.15) is 31.5 Å². The quantitative estimate of drug-likeness (QED) is 0.850. The topological polar surface area (TPSA) is 34.1 Å². The van der Waals surface area contributed by atoms with Crippen molar-refractivity contribution in [1.82, 2.24) is 4.98 Å². The van der Waals surface area contributed by atoms with E-state index >= 15 is 0 Å². The van der Waals surface area contributed by atoms with E-state index in [0.717, 1.165) is 18.8 Å². The third-order valence-corrected chi connectivity index (χ3v) is 3.41. The largest absolute Gasteiger partial charge is 0.383 e. The van der Waals surface area contributed by atoms with Gasteiger partial charge in [0, 0.05) is 12.8 Å². The Kier molecular flexibility index (Phi) is 4.00. The van der Waals surface area contributed by atoms with Gasteiger partial charge in [0.1, 0.15) is 5.82 Å². The third kappa shape index (κ3) is 2.97. The van der Waals surface area contributed by atoms with E-state index in [2.05, 4.69) is 31.3 Å². The van der Waals surface area contributed by atoms with Crippen molar-refractivity contribution >= 4 is 5.82 Å². The second-order valence-electron chi connectivity index (χ2n) is 5.11. The zero-order valence-electron chi connectivity index (χ0n) is 11.0. The number of anilines is 1. The maximum atomic E-state index is 5.24. The summed E-state index contributed by atoms with van der Waals surface area (Å²) in [4.78, 5) is 4.69. The molecule has 0 saturated heterocycles. The van der Waals surface area contributed by atoms with Gasteiger partial charge in [0.25, 0.3) is 0 Å². The fourth-order valence-electron chi connectivity index (χ4n) is 2.27. The first-order chi connectivity index (χ1) is 8.20. The summed E-state index contributed by atoms with van der Waals surface area (Å²) in [6.45, 7) is 5.12. The Morgan fingerprint density at radius 3 is 2.88 bits per heavy atom. The first-order valence-corrected chi connectivity index (χ1v) is 6.45. The Morgan fingerprint density at radius 1 is 1.35 bits per heavy atom. The summed E-state index contributed by atoms with van der Waals surface area (Å²) >= 11 is 0. The van der Waals surface area contributed by atoms with E-state index in [1.807, 2.05) is 0 Å². The molecule has 0 saturated carbocycles. The minimum Gasteiger partial charge on any atom is -0.383 e. The van der Waals surface area contributed by atoms with Crippen molar-refractivity contribution in [2.45, 2.75) is 39.2 Å². The highest BCUT2D eigenvalue weighted by Crippen LogP contribution is 2.22. The molecule has 1 aliphatic rings. The molecule has 0 aliphatic heterocycles. The molecule has 1 heterocycles. The monoisotopic (exact) mass is 234 g/mol. The second-order valence-corrected chi connectivity index (χ2v) is 5.11. The third-order valence-electron chi connectivity index (χ3n) is 3.41. The second kappa shape index (κ2) is 5.50. The van der Waals surface area contributed by atoms with Crippen molar-refractivity contribution in [1.29, 1.82) is 0 Å². The van der Waals surface area contributed by atoms with Crippen LogP contribution < -0.4 is 5.32 Å². The van der Waals surface area contributed by atoms with Gasteiger partial charge in [-0.05, 0) is 36.8 Å². The number of aromatic nitrogens is 1. The lowest BCUT2D eigenvalue weighted by atomic mass is 10.1. The van der Waals surface area contributed by atoms with Gasteiger partial charge in [-0.3, -0.25) is 0 Å². The Morgan fingerprint density at radius 2 is 2.18 bits per heavy atom. The zero-order chi connectivity index (χ0) is 12.3. The van der Waals surface area contributed by atoms with Crippen LogP contribution in [-0.2, 0) is 17.6 Å². The number of nitrogens with zero attached hydrogens (tertiary/aromatic N) is 1. The lowest BCUT2D eigenvalue weighted by Crippen LogP contribution is -2.30. The van der Waals surface area contributed by atoms with Gasteiger partial charge in [-0.2, -0.15) is 0 Å². The highest BCUT2D eigenvalue weighted by Gasteiger charge is 2.16. The molecular formula is C14H22N2O. The van der Waals surface area contributed by atoms with E-state index in [9.17, 15) is 0 Å². The van der Waals surface area contributed by atoms with Crippen molar-refractivity contribution in [2.24, 2.45) is 5.92 Å². The molecule has 1 unspecified atom stereocenters. The van der Waals surface area contributed by atoms with Crippen LogP contribution in [0.15, 0.2) is 12.1 Å². The van der Waals surface area contributed by atoms with Gasteiger partial charge in [0.15, 0.2) is 0 Å². The minimum atomic E-state index is 0.326. The predicted octanol–water partition coefficient (Wildman–Crippen LogP) is 2.65. The molecule has 1 aromatic heterocycles. The summed E-state index contributed by atoms with van der Waals surface area (Å²) in [6.07, 6.45) is 3.56. The molecule has 0 radical (unpaired) electrons. The van der Waals surface area contributed by atoms with Crippen LogP contribution in [0.25, 0.3) is 0 Å². The van der Waals surface area contributed by atoms with Crippen LogP contribution in [0, 0.1) is 5.92 Å². The number of ether oxygens (including phenoxy) is 1. The SMILES string of the molecule is COCC(Nc1ccc2c(n1)CCC2)C(C)C. The van der Waals surface area contributed by atoms with Crippen LogP contribution in [0.2, 0.25) is 0 Å². The molecule has 3 heteroatoms. The lowest BCUT2D eigenvalue weighted by molar-refractivity contribution is 0.171. The van der Waals surface area contributed by atoms with Gasteiger partial charge < -0.3 is 10.1 Å². The molecule has 0 bridgehead atoms. The van der Waals surface area contributed by atoms with E-state index < -0.39 is 0 Å². The van der Waals surface area contributed by atoms with E-state index in [-0.39, 0.29) is 0 Å². The molecule has 1 aliphatic carbocycles. The van der Waals surface area contributed by atoms with Gasteiger partial charge in [-0.1, -0.05) is 19.9 Å². The van der Waals surface area contributed by atoms with Crippen LogP contribution in [0.5, 0.6) is 0 Å². The molecule has 0 fully saturated rings. The van der Waals surface area contributed by atoms with Gasteiger partial charge in [-0.15, -0.1) is 0 Å². The summed E-state index contributed by atoms with van der Waals surface area (Å²) in [7, 11) is 1.74. The molecular weight excluding hydrogens is 212 g/mol. The number of pyridine rings is 1. The molecule has 0 spiro atoms. The average molecular weight is 234 g/mol. The van der Waals surface area contributed by atoms with E-state index in [1.165, 1.54) is 24.1 Å². The van der Waals surface area contributed by atoms with Gasteiger partial charge >= 0.3 is 0 Å². The van der Waals surface area contributed by atoms with Crippen molar-refractivity contribution < 1.29 is 4.74 Å². The Balaban J connectivity index is 2.07. The van der Waals surface area contributed by atoms with Crippen molar-refractivity contribution in [3.8, 4) is 0 Å². The molecule has 3 nitrogen and oxygen atoms in total. The summed E-state index contributed by atoms with van der Waals surface area (Å²) in [5, 5.41) is 3.47. The molecule has 0 amide bonds. The number of hydrogen-bond donors (Lipinski definition) is 1. The van der Waals surface area contributed by atoms with Crippen LogP contribution >= 0.6 is 0 Å². The Labute approximate surface area is 104 Å². The van der Waals surface area contributed by atoms with E-state index in [4.69, 9.17) is 9.72 Å². The molecule has 0 aromatic carbocycles. The van der Waals surface area contributed by atoms with Crippen LogP contribution in [0.4, 0.5) is 5.82 Å². The lowest BCUT2D eigenvalue weighted by Gasteiger charge is -2.22. The number of methoxy groups -OCH3 is 1. The summed E-state index contributed by atoms with van der Waals surface area (Å²) in [5.74, 6) is 1.52. The highest BCUT2D eigenvalue weighted by atomic mass is 16.5. The zero-order valence-corrected chi connectivity index (χ0v) is 11.0. The van der Waals surface area contributed by atoms with Gasteiger partial charge in [0.05, 0.1) is 12.6 Å². The fourth-order valence-corrected chi connectivity index (χ4v) is 2.27.